The second kappa shape index (κ2) is 6.90. The van der Waals surface area contributed by atoms with Crippen molar-refractivity contribution in [2.45, 2.75) is 0 Å². The van der Waals surface area contributed by atoms with Crippen LogP contribution in [0.15, 0.2) is 12.1 Å². The maximum atomic E-state index is 15.0. The molecule has 12 heteroatoms. The summed E-state index contributed by atoms with van der Waals surface area (Å²) in [6.45, 7) is 0. The first-order chi connectivity index (χ1) is 15.9. The minimum atomic E-state index is -2.48. The standard InChI is InChI=1S/C22H2F12/c23-11-3-1-4-6(14(26)10-8(12(4)24)16(28)20(32)22(34)18(10)30)2-5(3)13(25)9-7(11)15(27)19(31)21(33)17(9)29/h1-2H. The Hall–Kier alpha value is -3.70. The summed E-state index contributed by atoms with van der Waals surface area (Å²) in [6, 6.07) is 0.523. The van der Waals surface area contributed by atoms with E-state index in [0.29, 0.717) is 0 Å². The molecule has 5 aromatic carbocycles. The largest absolute Gasteiger partial charge is 0.206 e. The predicted molar refractivity (Wildman–Crippen MR) is 96.0 cm³/mol. The molecule has 0 N–H and O–H groups in total. The lowest BCUT2D eigenvalue weighted by Gasteiger charge is -2.14. The number of rotatable bonds is 0. The molecule has 0 nitrogen and oxygen atoms in total. The van der Waals surface area contributed by atoms with Crippen LogP contribution in [0, 0.1) is 69.8 Å². The van der Waals surface area contributed by atoms with Crippen molar-refractivity contribution in [3.05, 3.63) is 81.9 Å². The molecule has 5 rings (SSSR count). The van der Waals surface area contributed by atoms with Crippen molar-refractivity contribution >= 4 is 43.1 Å². The summed E-state index contributed by atoms with van der Waals surface area (Å²) < 4.78 is 171. The number of hydrogen-bond donors (Lipinski definition) is 0. The third kappa shape index (κ3) is 2.48. The van der Waals surface area contributed by atoms with Gasteiger partial charge in [-0.25, -0.2) is 52.7 Å². The van der Waals surface area contributed by atoms with Gasteiger partial charge in [0, 0.05) is 21.5 Å². The minimum Gasteiger partial charge on any atom is -0.206 e. The zero-order valence-corrected chi connectivity index (χ0v) is 15.7. The van der Waals surface area contributed by atoms with Gasteiger partial charge >= 0.3 is 0 Å². The van der Waals surface area contributed by atoms with Crippen molar-refractivity contribution in [2.24, 2.45) is 0 Å². The first kappa shape index (κ1) is 22.1. The van der Waals surface area contributed by atoms with Gasteiger partial charge in [0.25, 0.3) is 0 Å². The Balaban J connectivity index is 2.11. The maximum absolute atomic E-state index is 15.0. The number of fused-ring (bicyclic) bond motifs is 4. The van der Waals surface area contributed by atoms with Crippen LogP contribution in [-0.4, -0.2) is 0 Å². The van der Waals surface area contributed by atoms with E-state index < -0.39 is 113 Å². The van der Waals surface area contributed by atoms with Crippen molar-refractivity contribution in [1.29, 1.82) is 0 Å². The Morgan fingerprint density at radius 1 is 0.235 bits per heavy atom. The van der Waals surface area contributed by atoms with Gasteiger partial charge in [-0.05, 0) is 12.1 Å². The molecular formula is C22H2F12. The highest BCUT2D eigenvalue weighted by molar-refractivity contribution is 6.10. The first-order valence-corrected chi connectivity index (χ1v) is 8.92. The van der Waals surface area contributed by atoms with Crippen molar-refractivity contribution in [3.63, 3.8) is 0 Å². The second-order valence-corrected chi connectivity index (χ2v) is 7.21. The highest BCUT2D eigenvalue weighted by Crippen LogP contribution is 2.41. The zero-order chi connectivity index (χ0) is 25.0. The van der Waals surface area contributed by atoms with Crippen LogP contribution < -0.4 is 0 Å². The molecule has 0 atom stereocenters. The molecule has 0 amide bonds. The Kier molecular flexibility index (Phi) is 4.49. The van der Waals surface area contributed by atoms with Gasteiger partial charge in [0.2, 0.25) is 0 Å². The van der Waals surface area contributed by atoms with Crippen LogP contribution in [0.25, 0.3) is 43.1 Å². The monoisotopic (exact) mass is 494 g/mol. The third-order valence-corrected chi connectivity index (χ3v) is 5.52. The normalized spacial score (nSPS) is 12.1. The van der Waals surface area contributed by atoms with Crippen molar-refractivity contribution in [2.75, 3.05) is 0 Å². The molecule has 5 aromatic rings. The predicted octanol–water partition coefficient (Wildman–Crippen LogP) is 7.97. The molecular weight excluding hydrogens is 492 g/mol. The lowest BCUT2D eigenvalue weighted by Crippen LogP contribution is -2.05. The summed E-state index contributed by atoms with van der Waals surface area (Å²) >= 11 is 0. The summed E-state index contributed by atoms with van der Waals surface area (Å²) in [5.41, 5.74) is 0. The molecule has 0 aliphatic carbocycles. The number of benzene rings is 5. The van der Waals surface area contributed by atoms with Crippen LogP contribution in [0.5, 0.6) is 0 Å². The average molecular weight is 494 g/mol. The lowest BCUT2D eigenvalue weighted by molar-refractivity contribution is 0.415. The number of hydrogen-bond acceptors (Lipinski definition) is 0. The van der Waals surface area contributed by atoms with Gasteiger partial charge in [-0.1, -0.05) is 0 Å². The molecule has 174 valence electrons. The summed E-state index contributed by atoms with van der Waals surface area (Å²) in [6.07, 6.45) is 0. The molecule has 0 saturated heterocycles. The molecule has 0 aliphatic rings. The van der Waals surface area contributed by atoms with Crippen LogP contribution in [0.4, 0.5) is 52.7 Å². The fraction of sp³-hybridized carbons (Fsp3) is 0. The molecule has 0 radical (unpaired) electrons. The van der Waals surface area contributed by atoms with Crippen LogP contribution >= 0.6 is 0 Å². The van der Waals surface area contributed by atoms with Crippen LogP contribution in [-0.2, 0) is 0 Å². The molecule has 0 aliphatic heterocycles. The summed E-state index contributed by atoms with van der Waals surface area (Å²) in [5, 5.41) is -11.3. The van der Waals surface area contributed by atoms with Gasteiger partial charge in [0.1, 0.15) is 23.3 Å². The fourth-order valence-corrected chi connectivity index (χ4v) is 3.95. The van der Waals surface area contributed by atoms with Gasteiger partial charge < -0.3 is 0 Å². The van der Waals surface area contributed by atoms with Gasteiger partial charge in [0.05, 0.1) is 21.5 Å². The van der Waals surface area contributed by atoms with Gasteiger partial charge in [-0.2, -0.15) is 0 Å². The van der Waals surface area contributed by atoms with Crippen molar-refractivity contribution < 1.29 is 52.7 Å². The van der Waals surface area contributed by atoms with Gasteiger partial charge in [0.15, 0.2) is 46.5 Å². The Bertz CT molecular complexity index is 1520. The van der Waals surface area contributed by atoms with E-state index in [1.54, 1.807) is 0 Å². The van der Waals surface area contributed by atoms with E-state index >= 15 is 17.6 Å². The lowest BCUT2D eigenvalue weighted by atomic mass is 9.94. The highest BCUT2D eigenvalue weighted by Gasteiger charge is 2.31. The third-order valence-electron chi connectivity index (χ3n) is 5.52. The topological polar surface area (TPSA) is 0 Å². The van der Waals surface area contributed by atoms with E-state index in [2.05, 4.69) is 0 Å². The Morgan fingerprint density at radius 2 is 0.412 bits per heavy atom. The van der Waals surface area contributed by atoms with E-state index in [9.17, 15) is 35.1 Å². The molecule has 0 bridgehead atoms. The van der Waals surface area contributed by atoms with Crippen molar-refractivity contribution in [1.82, 2.24) is 0 Å². The Morgan fingerprint density at radius 3 is 0.588 bits per heavy atom. The fourth-order valence-electron chi connectivity index (χ4n) is 3.95. The van der Waals surface area contributed by atoms with Gasteiger partial charge in [-0.15, -0.1) is 0 Å². The van der Waals surface area contributed by atoms with E-state index in [4.69, 9.17) is 0 Å². The summed E-state index contributed by atoms with van der Waals surface area (Å²) in [4.78, 5) is 0. The van der Waals surface area contributed by atoms with E-state index in [-0.39, 0.29) is 12.1 Å². The number of halogens is 12. The summed E-state index contributed by atoms with van der Waals surface area (Å²) in [5.74, 6) is -27.0. The molecule has 0 aromatic heterocycles. The molecule has 0 heterocycles. The van der Waals surface area contributed by atoms with Gasteiger partial charge in [-0.3, -0.25) is 0 Å². The zero-order valence-electron chi connectivity index (χ0n) is 15.7. The first-order valence-electron chi connectivity index (χ1n) is 8.92. The maximum Gasteiger partial charge on any atom is 0.198 e. The van der Waals surface area contributed by atoms with Crippen LogP contribution in [0.2, 0.25) is 0 Å². The quantitative estimate of drug-likeness (QED) is 0.0887. The van der Waals surface area contributed by atoms with E-state index in [1.807, 2.05) is 0 Å². The van der Waals surface area contributed by atoms with Crippen molar-refractivity contribution in [3.8, 4) is 0 Å². The molecule has 34 heavy (non-hydrogen) atoms. The second-order valence-electron chi connectivity index (χ2n) is 7.21. The smallest absolute Gasteiger partial charge is 0.198 e. The van der Waals surface area contributed by atoms with E-state index in [0.717, 1.165) is 0 Å². The average Bonchev–Trinajstić information content (AvgIpc) is 2.82. The molecule has 0 unspecified atom stereocenters. The minimum absolute atomic E-state index is 0.261. The molecule has 0 saturated carbocycles. The SMILES string of the molecule is Fc1c(F)c(F)c2c(F)c3cc4c(F)c5c(F)c(F)c(F)c(F)c5c(F)c4cc3c(F)c2c1F. The van der Waals surface area contributed by atoms with Crippen LogP contribution in [0.3, 0.4) is 0 Å². The van der Waals surface area contributed by atoms with E-state index in [1.165, 1.54) is 0 Å². The molecule has 0 spiro atoms. The highest BCUT2D eigenvalue weighted by atomic mass is 19.2. The molecule has 0 fully saturated rings. The van der Waals surface area contributed by atoms with Crippen LogP contribution in [0.1, 0.15) is 0 Å². The summed E-state index contributed by atoms with van der Waals surface area (Å²) in [7, 11) is 0. The Labute approximate surface area is 178 Å².